The maximum absolute atomic E-state index is 12.6. The monoisotopic (exact) mass is 347 g/mol. The van der Waals surface area contributed by atoms with Crippen molar-refractivity contribution in [1.29, 1.82) is 0 Å². The van der Waals surface area contributed by atoms with Crippen LogP contribution in [0.2, 0.25) is 0 Å². The van der Waals surface area contributed by atoms with Crippen molar-refractivity contribution in [2.75, 3.05) is 25.1 Å². The molecule has 1 unspecified atom stereocenters. The molecule has 2 aromatic rings. The molecule has 1 atom stereocenters. The lowest BCUT2D eigenvalue weighted by molar-refractivity contribution is 0.414. The summed E-state index contributed by atoms with van der Waals surface area (Å²) in [6, 6.07) is 12.0. The van der Waals surface area contributed by atoms with Crippen LogP contribution in [0.4, 0.5) is 5.82 Å². The Morgan fingerprint density at radius 2 is 2.00 bits per heavy atom. The normalized spacial score (nSPS) is 18.4. The number of ether oxygens (including phenoxy) is 1. The maximum atomic E-state index is 12.6. The average Bonchev–Trinajstić information content (AvgIpc) is 2.62. The maximum Gasteiger partial charge on any atom is 0.240 e. The van der Waals surface area contributed by atoms with Crippen LogP contribution in [0.3, 0.4) is 0 Å². The summed E-state index contributed by atoms with van der Waals surface area (Å²) >= 11 is 0. The van der Waals surface area contributed by atoms with Crippen LogP contribution in [0.25, 0.3) is 0 Å². The average molecular weight is 347 g/mol. The number of sulfonamides is 1. The summed E-state index contributed by atoms with van der Waals surface area (Å²) < 4.78 is 33.0. The lowest BCUT2D eigenvalue weighted by Gasteiger charge is -2.33. The molecule has 0 aliphatic carbocycles. The van der Waals surface area contributed by atoms with Crippen molar-refractivity contribution in [3.63, 3.8) is 0 Å². The number of hydrogen-bond donors (Lipinski definition) is 1. The third kappa shape index (κ3) is 3.85. The highest BCUT2D eigenvalue weighted by molar-refractivity contribution is 7.89. The Morgan fingerprint density at radius 1 is 1.21 bits per heavy atom. The van der Waals surface area contributed by atoms with Gasteiger partial charge in [-0.1, -0.05) is 6.07 Å². The van der Waals surface area contributed by atoms with Crippen molar-refractivity contribution in [1.82, 2.24) is 9.71 Å². The van der Waals surface area contributed by atoms with Crippen molar-refractivity contribution in [3.05, 3.63) is 48.7 Å². The topological polar surface area (TPSA) is 71.5 Å². The molecular weight excluding hydrogens is 326 g/mol. The molecule has 1 aliphatic heterocycles. The molecule has 0 saturated carbocycles. The standard InChI is InChI=1S/C17H21N3O3S/c1-23-15-7-9-16(10-8-15)24(21,22)19-14-5-4-12-20(13-14)17-6-2-3-11-18-17/h2-3,6-11,14,19H,4-5,12-13H2,1H3. The molecule has 7 heteroatoms. The predicted molar refractivity (Wildman–Crippen MR) is 92.8 cm³/mol. The summed E-state index contributed by atoms with van der Waals surface area (Å²) in [4.78, 5) is 6.71. The fourth-order valence-corrected chi connectivity index (χ4v) is 4.13. The minimum Gasteiger partial charge on any atom is -0.497 e. The number of nitrogens with one attached hydrogen (secondary N) is 1. The molecule has 128 valence electrons. The third-order valence-electron chi connectivity index (χ3n) is 4.09. The molecule has 0 radical (unpaired) electrons. The van der Waals surface area contributed by atoms with Gasteiger partial charge in [0.25, 0.3) is 0 Å². The Labute approximate surface area is 142 Å². The largest absolute Gasteiger partial charge is 0.497 e. The summed E-state index contributed by atoms with van der Waals surface area (Å²) in [7, 11) is -1.99. The smallest absolute Gasteiger partial charge is 0.240 e. The zero-order valence-electron chi connectivity index (χ0n) is 13.6. The van der Waals surface area contributed by atoms with E-state index < -0.39 is 10.0 Å². The molecule has 0 spiro atoms. The zero-order chi connectivity index (χ0) is 17.0. The van der Waals surface area contributed by atoms with Gasteiger partial charge in [-0.05, 0) is 49.2 Å². The molecular formula is C17H21N3O3S. The van der Waals surface area contributed by atoms with Gasteiger partial charge in [-0.25, -0.2) is 18.1 Å². The van der Waals surface area contributed by atoms with Crippen LogP contribution in [-0.2, 0) is 10.0 Å². The number of nitrogens with zero attached hydrogens (tertiary/aromatic N) is 2. The molecule has 3 rings (SSSR count). The number of anilines is 1. The van der Waals surface area contributed by atoms with Gasteiger partial charge < -0.3 is 9.64 Å². The van der Waals surface area contributed by atoms with Crippen molar-refractivity contribution in [2.24, 2.45) is 0 Å². The molecule has 6 nitrogen and oxygen atoms in total. The lowest BCUT2D eigenvalue weighted by Crippen LogP contribution is -2.47. The van der Waals surface area contributed by atoms with Gasteiger partial charge in [0, 0.05) is 25.3 Å². The van der Waals surface area contributed by atoms with E-state index in [4.69, 9.17) is 4.74 Å². The van der Waals surface area contributed by atoms with Crippen LogP contribution >= 0.6 is 0 Å². The molecule has 1 N–H and O–H groups in total. The number of pyridine rings is 1. The quantitative estimate of drug-likeness (QED) is 0.896. The Balaban J connectivity index is 1.70. The van der Waals surface area contributed by atoms with E-state index >= 15 is 0 Å². The second kappa shape index (κ2) is 7.19. The second-order valence-electron chi connectivity index (χ2n) is 5.77. The first-order valence-corrected chi connectivity index (χ1v) is 9.39. The van der Waals surface area contributed by atoms with Crippen LogP contribution in [-0.4, -0.2) is 39.6 Å². The highest BCUT2D eigenvalue weighted by atomic mass is 32.2. The highest BCUT2D eigenvalue weighted by Crippen LogP contribution is 2.20. The molecule has 1 aromatic heterocycles. The van der Waals surface area contributed by atoms with Crippen LogP contribution in [0.1, 0.15) is 12.8 Å². The van der Waals surface area contributed by atoms with Gasteiger partial charge in [-0.2, -0.15) is 0 Å². The van der Waals surface area contributed by atoms with Gasteiger partial charge in [0.05, 0.1) is 12.0 Å². The second-order valence-corrected chi connectivity index (χ2v) is 7.48. The van der Waals surface area contributed by atoms with Crippen LogP contribution in [0.15, 0.2) is 53.6 Å². The van der Waals surface area contributed by atoms with E-state index in [2.05, 4.69) is 14.6 Å². The number of hydrogen-bond acceptors (Lipinski definition) is 5. The van der Waals surface area contributed by atoms with Crippen LogP contribution in [0, 0.1) is 0 Å². The first-order chi connectivity index (χ1) is 11.6. The van der Waals surface area contributed by atoms with Gasteiger partial charge in [-0.15, -0.1) is 0 Å². The van der Waals surface area contributed by atoms with Crippen molar-refractivity contribution >= 4 is 15.8 Å². The summed E-state index contributed by atoms with van der Waals surface area (Å²) in [6.07, 6.45) is 3.49. The summed E-state index contributed by atoms with van der Waals surface area (Å²) in [6.45, 7) is 1.50. The van der Waals surface area contributed by atoms with Crippen LogP contribution < -0.4 is 14.4 Å². The molecule has 2 heterocycles. The van der Waals surface area contributed by atoms with Gasteiger partial charge in [0.1, 0.15) is 11.6 Å². The van der Waals surface area contributed by atoms with Gasteiger partial charge in [0.2, 0.25) is 10.0 Å². The van der Waals surface area contributed by atoms with E-state index in [1.165, 1.54) is 0 Å². The third-order valence-corrected chi connectivity index (χ3v) is 5.62. The van der Waals surface area contributed by atoms with Gasteiger partial charge in [-0.3, -0.25) is 0 Å². The molecule has 0 amide bonds. The highest BCUT2D eigenvalue weighted by Gasteiger charge is 2.25. The number of rotatable bonds is 5. The van der Waals surface area contributed by atoms with E-state index in [9.17, 15) is 8.42 Å². The molecule has 1 aromatic carbocycles. The predicted octanol–water partition coefficient (Wildman–Crippen LogP) is 2.04. The molecule has 1 saturated heterocycles. The van der Waals surface area contributed by atoms with Crippen molar-refractivity contribution in [3.8, 4) is 5.75 Å². The molecule has 1 aliphatic rings. The van der Waals surface area contributed by atoms with Gasteiger partial charge in [0.15, 0.2) is 0 Å². The Bertz CT molecular complexity index is 763. The fraction of sp³-hybridized carbons (Fsp3) is 0.353. The van der Waals surface area contributed by atoms with Crippen molar-refractivity contribution < 1.29 is 13.2 Å². The van der Waals surface area contributed by atoms with E-state index in [-0.39, 0.29) is 10.9 Å². The first kappa shape index (κ1) is 16.7. The summed E-state index contributed by atoms with van der Waals surface area (Å²) in [5, 5.41) is 0. The molecule has 1 fully saturated rings. The van der Waals surface area contributed by atoms with Gasteiger partial charge >= 0.3 is 0 Å². The van der Waals surface area contributed by atoms with Crippen molar-refractivity contribution in [2.45, 2.75) is 23.8 Å². The zero-order valence-corrected chi connectivity index (χ0v) is 14.4. The van der Waals surface area contributed by atoms with Crippen LogP contribution in [0.5, 0.6) is 5.75 Å². The number of piperidine rings is 1. The van der Waals surface area contributed by atoms with E-state index in [1.54, 1.807) is 37.6 Å². The molecule has 24 heavy (non-hydrogen) atoms. The minimum absolute atomic E-state index is 0.132. The first-order valence-electron chi connectivity index (χ1n) is 7.91. The van der Waals surface area contributed by atoms with E-state index in [0.717, 1.165) is 25.2 Å². The molecule has 0 bridgehead atoms. The SMILES string of the molecule is COc1ccc(S(=O)(=O)NC2CCCN(c3ccccn3)C2)cc1. The minimum atomic E-state index is -3.54. The number of aromatic nitrogens is 1. The summed E-state index contributed by atoms with van der Waals surface area (Å²) in [5.41, 5.74) is 0. The Kier molecular flexibility index (Phi) is 5.01. The Morgan fingerprint density at radius 3 is 2.67 bits per heavy atom. The Hall–Kier alpha value is -2.12. The fourth-order valence-electron chi connectivity index (χ4n) is 2.86. The number of methoxy groups -OCH3 is 1. The number of benzene rings is 1. The summed E-state index contributed by atoms with van der Waals surface area (Å²) in [5.74, 6) is 1.51. The van der Waals surface area contributed by atoms with E-state index in [0.29, 0.717) is 12.3 Å². The lowest BCUT2D eigenvalue weighted by atomic mass is 10.1. The van der Waals surface area contributed by atoms with E-state index in [1.807, 2.05) is 18.2 Å².